The number of ether oxygens (including phenoxy) is 3. The highest BCUT2D eigenvalue weighted by molar-refractivity contribution is 5.99. The Balaban J connectivity index is 2.14. The molecule has 0 aromatic heterocycles. The summed E-state index contributed by atoms with van der Waals surface area (Å²) >= 11 is 0. The van der Waals surface area contributed by atoms with Crippen LogP contribution in [0.15, 0.2) is 29.5 Å². The SMILES string of the molecule is COc1ccc([C@H]2CC(=O)NC3=C2C(=O)OC3(C)C)c(OC)c1. The van der Waals surface area contributed by atoms with E-state index >= 15 is 0 Å². The maximum atomic E-state index is 12.3. The van der Waals surface area contributed by atoms with Gasteiger partial charge in [-0.25, -0.2) is 4.79 Å². The van der Waals surface area contributed by atoms with Crippen molar-refractivity contribution in [1.29, 1.82) is 0 Å². The summed E-state index contributed by atoms with van der Waals surface area (Å²) in [4.78, 5) is 24.5. The maximum Gasteiger partial charge on any atom is 0.337 e. The molecule has 0 unspecified atom stereocenters. The number of esters is 1. The first-order valence-corrected chi connectivity index (χ1v) is 7.37. The van der Waals surface area contributed by atoms with E-state index in [1.807, 2.05) is 6.07 Å². The van der Waals surface area contributed by atoms with Gasteiger partial charge in [0, 0.05) is 24.0 Å². The average molecular weight is 317 g/mol. The highest BCUT2D eigenvalue weighted by Crippen LogP contribution is 2.45. The van der Waals surface area contributed by atoms with E-state index in [0.717, 1.165) is 5.56 Å². The molecule has 1 aromatic carbocycles. The molecule has 1 amide bonds. The van der Waals surface area contributed by atoms with Gasteiger partial charge >= 0.3 is 5.97 Å². The number of hydrogen-bond acceptors (Lipinski definition) is 5. The van der Waals surface area contributed by atoms with Crippen molar-refractivity contribution in [3.8, 4) is 11.5 Å². The van der Waals surface area contributed by atoms with E-state index in [4.69, 9.17) is 14.2 Å². The molecule has 1 atom stereocenters. The van der Waals surface area contributed by atoms with Gasteiger partial charge in [0.05, 0.1) is 25.5 Å². The highest BCUT2D eigenvalue weighted by atomic mass is 16.6. The van der Waals surface area contributed by atoms with Crippen LogP contribution in [0.3, 0.4) is 0 Å². The Bertz CT molecular complexity index is 720. The molecule has 6 nitrogen and oxygen atoms in total. The third kappa shape index (κ3) is 2.44. The van der Waals surface area contributed by atoms with Crippen molar-refractivity contribution in [2.24, 2.45) is 0 Å². The number of rotatable bonds is 3. The smallest absolute Gasteiger partial charge is 0.337 e. The lowest BCUT2D eigenvalue weighted by atomic mass is 9.82. The monoisotopic (exact) mass is 317 g/mol. The van der Waals surface area contributed by atoms with Crippen LogP contribution in [-0.4, -0.2) is 31.7 Å². The molecule has 0 fully saturated rings. The van der Waals surface area contributed by atoms with Gasteiger partial charge in [0.2, 0.25) is 5.91 Å². The minimum Gasteiger partial charge on any atom is -0.497 e. The lowest BCUT2D eigenvalue weighted by Crippen LogP contribution is -2.38. The number of nitrogens with one attached hydrogen (secondary N) is 1. The Morgan fingerprint density at radius 1 is 1.22 bits per heavy atom. The van der Waals surface area contributed by atoms with E-state index in [2.05, 4.69) is 5.32 Å². The highest BCUT2D eigenvalue weighted by Gasteiger charge is 2.48. The fraction of sp³-hybridized carbons (Fsp3) is 0.412. The predicted molar refractivity (Wildman–Crippen MR) is 82.2 cm³/mol. The van der Waals surface area contributed by atoms with E-state index < -0.39 is 17.5 Å². The summed E-state index contributed by atoms with van der Waals surface area (Å²) in [7, 11) is 3.12. The summed E-state index contributed by atoms with van der Waals surface area (Å²) < 4.78 is 16.0. The van der Waals surface area contributed by atoms with Crippen molar-refractivity contribution in [3.05, 3.63) is 35.0 Å². The third-order valence-corrected chi connectivity index (χ3v) is 4.26. The van der Waals surface area contributed by atoms with Gasteiger partial charge in [0.25, 0.3) is 0 Å². The van der Waals surface area contributed by atoms with Gasteiger partial charge in [-0.2, -0.15) is 0 Å². The van der Waals surface area contributed by atoms with Gasteiger partial charge in [-0.05, 0) is 19.9 Å². The van der Waals surface area contributed by atoms with E-state index in [1.54, 1.807) is 40.2 Å². The van der Waals surface area contributed by atoms with Gasteiger partial charge in [0.15, 0.2) is 0 Å². The normalized spacial score (nSPS) is 22.3. The molecule has 2 aliphatic heterocycles. The topological polar surface area (TPSA) is 73.9 Å². The summed E-state index contributed by atoms with van der Waals surface area (Å²) in [6, 6.07) is 5.35. The Kier molecular flexibility index (Phi) is 3.55. The first-order chi connectivity index (χ1) is 10.9. The second kappa shape index (κ2) is 5.30. The Morgan fingerprint density at radius 2 is 1.96 bits per heavy atom. The first-order valence-electron chi connectivity index (χ1n) is 7.37. The molecule has 0 spiro atoms. The van der Waals surface area contributed by atoms with Crippen LogP contribution in [-0.2, 0) is 14.3 Å². The average Bonchev–Trinajstić information content (AvgIpc) is 2.75. The van der Waals surface area contributed by atoms with Crippen LogP contribution in [0.1, 0.15) is 31.7 Å². The fourth-order valence-corrected chi connectivity index (χ4v) is 3.15. The number of benzene rings is 1. The first kappa shape index (κ1) is 15.4. The van der Waals surface area contributed by atoms with Crippen LogP contribution in [0, 0.1) is 0 Å². The third-order valence-electron chi connectivity index (χ3n) is 4.26. The zero-order chi connectivity index (χ0) is 16.8. The summed E-state index contributed by atoms with van der Waals surface area (Å²) in [5.41, 5.74) is 0.977. The molecule has 122 valence electrons. The molecule has 23 heavy (non-hydrogen) atoms. The Labute approximate surface area is 134 Å². The molecule has 2 heterocycles. The minimum atomic E-state index is -0.833. The molecular formula is C17H19NO5. The fourth-order valence-electron chi connectivity index (χ4n) is 3.15. The number of carbonyl (C=O) groups excluding carboxylic acids is 2. The van der Waals surface area contributed by atoms with Crippen molar-refractivity contribution >= 4 is 11.9 Å². The van der Waals surface area contributed by atoms with Crippen LogP contribution in [0.2, 0.25) is 0 Å². The van der Waals surface area contributed by atoms with Gasteiger partial charge in [-0.15, -0.1) is 0 Å². The number of amides is 1. The standard InChI is InChI=1S/C17H19NO5/c1-17(2)15-14(16(20)23-17)11(8-13(19)18-15)10-6-5-9(21-3)7-12(10)22-4/h5-7,11H,8H2,1-4H3,(H,18,19)/t11-/m1/s1. The van der Waals surface area contributed by atoms with E-state index in [9.17, 15) is 9.59 Å². The summed E-state index contributed by atoms with van der Waals surface area (Å²) in [6.45, 7) is 3.53. The zero-order valence-electron chi connectivity index (χ0n) is 13.6. The quantitative estimate of drug-likeness (QED) is 0.862. The lowest BCUT2D eigenvalue weighted by Gasteiger charge is -2.27. The number of cyclic esters (lactones) is 1. The van der Waals surface area contributed by atoms with Gasteiger partial charge < -0.3 is 19.5 Å². The molecule has 1 aromatic rings. The van der Waals surface area contributed by atoms with Crippen LogP contribution in [0.25, 0.3) is 0 Å². The molecule has 3 rings (SSSR count). The van der Waals surface area contributed by atoms with Crippen molar-refractivity contribution < 1.29 is 23.8 Å². The minimum absolute atomic E-state index is 0.141. The maximum absolute atomic E-state index is 12.3. The molecule has 2 aliphatic rings. The second-order valence-electron chi connectivity index (χ2n) is 6.10. The molecular weight excluding hydrogens is 298 g/mol. The van der Waals surface area contributed by atoms with Crippen LogP contribution >= 0.6 is 0 Å². The zero-order valence-corrected chi connectivity index (χ0v) is 13.6. The van der Waals surface area contributed by atoms with Crippen LogP contribution < -0.4 is 14.8 Å². The van der Waals surface area contributed by atoms with Gasteiger partial charge in [-0.3, -0.25) is 4.79 Å². The Hall–Kier alpha value is -2.50. The lowest BCUT2D eigenvalue weighted by molar-refractivity contribution is -0.144. The van der Waals surface area contributed by atoms with Crippen molar-refractivity contribution in [2.45, 2.75) is 31.8 Å². The molecule has 0 saturated heterocycles. The number of methoxy groups -OCH3 is 2. The molecule has 6 heteroatoms. The molecule has 0 radical (unpaired) electrons. The van der Waals surface area contributed by atoms with Crippen molar-refractivity contribution in [3.63, 3.8) is 0 Å². The summed E-state index contributed by atoms with van der Waals surface area (Å²) in [6.07, 6.45) is 0.173. The molecule has 1 N–H and O–H groups in total. The Morgan fingerprint density at radius 3 is 2.61 bits per heavy atom. The van der Waals surface area contributed by atoms with E-state index in [1.165, 1.54) is 0 Å². The van der Waals surface area contributed by atoms with Gasteiger partial charge in [-0.1, -0.05) is 6.07 Å². The number of hydrogen-bond donors (Lipinski definition) is 1. The second-order valence-corrected chi connectivity index (χ2v) is 6.10. The van der Waals surface area contributed by atoms with E-state index in [-0.39, 0.29) is 12.3 Å². The summed E-state index contributed by atoms with van der Waals surface area (Å²) in [5.74, 6) is 0.294. The van der Waals surface area contributed by atoms with Crippen molar-refractivity contribution in [2.75, 3.05) is 14.2 Å². The largest absolute Gasteiger partial charge is 0.497 e. The molecule has 0 saturated carbocycles. The molecule has 0 aliphatic carbocycles. The summed E-state index contributed by atoms with van der Waals surface area (Å²) in [5, 5.41) is 2.79. The predicted octanol–water partition coefficient (Wildman–Crippen LogP) is 1.90. The van der Waals surface area contributed by atoms with Crippen molar-refractivity contribution in [1.82, 2.24) is 5.32 Å². The van der Waals surface area contributed by atoms with Crippen LogP contribution in [0.4, 0.5) is 0 Å². The number of carbonyl (C=O) groups is 2. The van der Waals surface area contributed by atoms with E-state index in [0.29, 0.717) is 22.8 Å². The van der Waals surface area contributed by atoms with Crippen LogP contribution in [0.5, 0.6) is 11.5 Å². The van der Waals surface area contributed by atoms with Gasteiger partial charge in [0.1, 0.15) is 17.1 Å². The molecule has 0 bridgehead atoms.